The van der Waals surface area contributed by atoms with Crippen molar-refractivity contribution in [3.05, 3.63) is 0 Å². The first-order valence-electron chi connectivity index (χ1n) is 6.06. The molecular weight excluding hydrogens is 238 g/mol. The SMILES string of the molecule is CCC1CCN(CC2(CBr)CCC2)C1. The molecule has 0 aromatic heterocycles. The van der Waals surface area contributed by atoms with E-state index in [4.69, 9.17) is 0 Å². The molecule has 0 N–H and O–H groups in total. The van der Waals surface area contributed by atoms with Gasteiger partial charge in [-0.15, -0.1) is 0 Å². The Balaban J connectivity index is 1.80. The Morgan fingerprint density at radius 1 is 1.43 bits per heavy atom. The summed E-state index contributed by atoms with van der Waals surface area (Å²) in [5.74, 6) is 0.988. The summed E-state index contributed by atoms with van der Waals surface area (Å²) in [6, 6.07) is 0. The zero-order valence-electron chi connectivity index (χ0n) is 9.27. The molecule has 1 saturated heterocycles. The molecular formula is C12H22BrN. The number of hydrogen-bond donors (Lipinski definition) is 0. The predicted octanol–water partition coefficient (Wildman–Crippen LogP) is 3.28. The molecule has 1 atom stereocenters. The molecule has 82 valence electrons. The quantitative estimate of drug-likeness (QED) is 0.701. The third-order valence-corrected chi connectivity index (χ3v) is 5.39. The minimum Gasteiger partial charge on any atom is -0.302 e. The van der Waals surface area contributed by atoms with Gasteiger partial charge in [-0.3, -0.25) is 0 Å². The van der Waals surface area contributed by atoms with Crippen molar-refractivity contribution in [2.75, 3.05) is 25.0 Å². The Bertz CT molecular complexity index is 183. The van der Waals surface area contributed by atoms with Crippen molar-refractivity contribution in [3.8, 4) is 0 Å². The summed E-state index contributed by atoms with van der Waals surface area (Å²) in [7, 11) is 0. The largest absolute Gasteiger partial charge is 0.302 e. The van der Waals surface area contributed by atoms with Gasteiger partial charge in [0.2, 0.25) is 0 Å². The summed E-state index contributed by atoms with van der Waals surface area (Å²) in [5, 5.41) is 1.22. The van der Waals surface area contributed by atoms with Crippen LogP contribution in [0.25, 0.3) is 0 Å². The van der Waals surface area contributed by atoms with Crippen LogP contribution in [0.3, 0.4) is 0 Å². The van der Waals surface area contributed by atoms with E-state index in [1.54, 1.807) is 0 Å². The van der Waals surface area contributed by atoms with E-state index in [9.17, 15) is 0 Å². The lowest BCUT2D eigenvalue weighted by molar-refractivity contribution is 0.103. The van der Waals surface area contributed by atoms with E-state index < -0.39 is 0 Å². The number of nitrogens with zero attached hydrogens (tertiary/aromatic N) is 1. The Labute approximate surface area is 96.4 Å². The maximum atomic E-state index is 3.70. The van der Waals surface area contributed by atoms with Gasteiger partial charge in [0.15, 0.2) is 0 Å². The standard InChI is InChI=1S/C12H22BrN/c1-2-11-4-7-14(8-11)10-12(9-13)5-3-6-12/h11H,2-10H2,1H3. The van der Waals surface area contributed by atoms with Crippen LogP contribution < -0.4 is 0 Å². The van der Waals surface area contributed by atoms with Crippen LogP contribution in [0, 0.1) is 11.3 Å². The average Bonchev–Trinajstić information content (AvgIpc) is 2.59. The lowest BCUT2D eigenvalue weighted by Gasteiger charge is -2.43. The van der Waals surface area contributed by atoms with Crippen LogP contribution >= 0.6 is 15.9 Å². The molecule has 1 aliphatic heterocycles. The molecule has 0 radical (unpaired) electrons. The number of alkyl halides is 1. The van der Waals surface area contributed by atoms with Crippen molar-refractivity contribution < 1.29 is 0 Å². The van der Waals surface area contributed by atoms with E-state index in [0.29, 0.717) is 5.41 Å². The molecule has 0 amide bonds. The molecule has 0 aromatic carbocycles. The number of halogens is 1. The third kappa shape index (κ3) is 2.16. The second-order valence-electron chi connectivity index (χ2n) is 5.29. The van der Waals surface area contributed by atoms with E-state index >= 15 is 0 Å². The van der Waals surface area contributed by atoms with Crippen molar-refractivity contribution in [1.82, 2.24) is 4.90 Å². The fraction of sp³-hybridized carbons (Fsp3) is 1.00. The maximum absolute atomic E-state index is 3.70. The zero-order chi connectivity index (χ0) is 10.0. The van der Waals surface area contributed by atoms with Crippen molar-refractivity contribution in [2.45, 2.75) is 39.0 Å². The first-order valence-corrected chi connectivity index (χ1v) is 7.18. The normalized spacial score (nSPS) is 31.7. The van der Waals surface area contributed by atoms with Crippen LogP contribution in [0.15, 0.2) is 0 Å². The highest BCUT2D eigenvalue weighted by Crippen LogP contribution is 2.43. The van der Waals surface area contributed by atoms with E-state index in [1.165, 1.54) is 57.1 Å². The predicted molar refractivity (Wildman–Crippen MR) is 64.9 cm³/mol. The van der Waals surface area contributed by atoms with Crippen LogP contribution in [0.1, 0.15) is 39.0 Å². The highest BCUT2D eigenvalue weighted by atomic mass is 79.9. The van der Waals surface area contributed by atoms with Crippen molar-refractivity contribution in [2.24, 2.45) is 11.3 Å². The van der Waals surface area contributed by atoms with E-state index in [0.717, 1.165) is 5.92 Å². The zero-order valence-corrected chi connectivity index (χ0v) is 10.9. The van der Waals surface area contributed by atoms with Gasteiger partial charge in [-0.1, -0.05) is 35.7 Å². The van der Waals surface area contributed by atoms with Gasteiger partial charge >= 0.3 is 0 Å². The molecule has 1 nitrogen and oxygen atoms in total. The average molecular weight is 260 g/mol. The second kappa shape index (κ2) is 4.52. The van der Waals surface area contributed by atoms with Gasteiger partial charge in [-0.25, -0.2) is 0 Å². The Morgan fingerprint density at radius 2 is 2.21 bits per heavy atom. The molecule has 1 aliphatic carbocycles. The van der Waals surface area contributed by atoms with Crippen LogP contribution in [-0.2, 0) is 0 Å². The van der Waals surface area contributed by atoms with Gasteiger partial charge in [0.1, 0.15) is 0 Å². The van der Waals surface area contributed by atoms with Crippen molar-refractivity contribution >= 4 is 15.9 Å². The van der Waals surface area contributed by atoms with Crippen LogP contribution in [0.4, 0.5) is 0 Å². The summed E-state index contributed by atoms with van der Waals surface area (Å²) in [6.07, 6.45) is 7.17. The smallest absolute Gasteiger partial charge is 0.0100 e. The molecule has 0 spiro atoms. The lowest BCUT2D eigenvalue weighted by atomic mass is 9.70. The Hall–Kier alpha value is 0.440. The van der Waals surface area contributed by atoms with E-state index in [1.807, 2.05) is 0 Å². The molecule has 1 heterocycles. The molecule has 14 heavy (non-hydrogen) atoms. The molecule has 2 rings (SSSR count). The monoisotopic (exact) mass is 259 g/mol. The fourth-order valence-electron chi connectivity index (χ4n) is 2.87. The molecule has 2 heteroatoms. The van der Waals surface area contributed by atoms with Gasteiger partial charge in [0.25, 0.3) is 0 Å². The second-order valence-corrected chi connectivity index (χ2v) is 5.85. The third-order valence-electron chi connectivity index (χ3n) is 4.20. The van der Waals surface area contributed by atoms with Gasteiger partial charge < -0.3 is 4.90 Å². The highest BCUT2D eigenvalue weighted by molar-refractivity contribution is 9.09. The van der Waals surface area contributed by atoms with Crippen molar-refractivity contribution in [3.63, 3.8) is 0 Å². The minimum absolute atomic E-state index is 0.655. The Kier molecular flexibility index (Phi) is 3.54. The number of rotatable bonds is 4. The lowest BCUT2D eigenvalue weighted by Crippen LogP contribution is -2.42. The first kappa shape index (κ1) is 10.9. The first-order chi connectivity index (χ1) is 6.78. The molecule has 2 fully saturated rings. The van der Waals surface area contributed by atoms with Crippen LogP contribution in [0.2, 0.25) is 0 Å². The number of likely N-dealkylation sites (tertiary alicyclic amines) is 1. The van der Waals surface area contributed by atoms with Gasteiger partial charge in [0.05, 0.1) is 0 Å². The van der Waals surface area contributed by atoms with Gasteiger partial charge in [-0.05, 0) is 37.1 Å². The molecule has 1 saturated carbocycles. The maximum Gasteiger partial charge on any atom is 0.0100 e. The summed E-state index contributed by atoms with van der Waals surface area (Å²) < 4.78 is 0. The minimum atomic E-state index is 0.655. The Morgan fingerprint density at radius 3 is 2.64 bits per heavy atom. The van der Waals surface area contributed by atoms with E-state index in [-0.39, 0.29) is 0 Å². The number of hydrogen-bond acceptors (Lipinski definition) is 1. The fourth-order valence-corrected chi connectivity index (χ4v) is 3.61. The molecule has 0 bridgehead atoms. The van der Waals surface area contributed by atoms with Crippen LogP contribution in [-0.4, -0.2) is 29.9 Å². The molecule has 2 aliphatic rings. The highest BCUT2D eigenvalue weighted by Gasteiger charge is 2.38. The van der Waals surface area contributed by atoms with Crippen molar-refractivity contribution in [1.29, 1.82) is 0 Å². The van der Waals surface area contributed by atoms with E-state index in [2.05, 4.69) is 27.8 Å². The van der Waals surface area contributed by atoms with Gasteiger partial charge in [0, 0.05) is 18.4 Å². The van der Waals surface area contributed by atoms with Crippen LogP contribution in [0.5, 0.6) is 0 Å². The molecule has 1 unspecified atom stereocenters. The summed E-state index contributed by atoms with van der Waals surface area (Å²) in [6.45, 7) is 6.41. The summed E-state index contributed by atoms with van der Waals surface area (Å²) >= 11 is 3.70. The van der Waals surface area contributed by atoms with Gasteiger partial charge in [-0.2, -0.15) is 0 Å². The topological polar surface area (TPSA) is 3.24 Å². The summed E-state index contributed by atoms with van der Waals surface area (Å²) in [4.78, 5) is 2.70. The summed E-state index contributed by atoms with van der Waals surface area (Å²) in [5.41, 5.74) is 0.655. The molecule has 0 aromatic rings.